The number of sulfonamides is 1. The normalized spacial score (nSPS) is 25.0. The van der Waals surface area contributed by atoms with Crippen LogP contribution < -0.4 is 5.32 Å². The van der Waals surface area contributed by atoms with Crippen molar-refractivity contribution in [3.8, 4) is 0 Å². The number of methoxy groups -OCH3 is 1. The lowest BCUT2D eigenvalue weighted by molar-refractivity contribution is -0.126. The molecule has 1 heterocycles. The zero-order valence-electron chi connectivity index (χ0n) is 14.1. The van der Waals surface area contributed by atoms with Gasteiger partial charge in [0.25, 0.3) is 0 Å². The highest BCUT2D eigenvalue weighted by Gasteiger charge is 2.32. The van der Waals surface area contributed by atoms with E-state index in [9.17, 15) is 13.2 Å². The van der Waals surface area contributed by atoms with Gasteiger partial charge < -0.3 is 10.1 Å². The Kier molecular flexibility index (Phi) is 7.30. The molecule has 23 heavy (non-hydrogen) atoms. The highest BCUT2D eigenvalue weighted by molar-refractivity contribution is 7.89. The first kappa shape index (κ1) is 18.7. The average Bonchev–Trinajstić information content (AvgIpc) is 2.82. The molecule has 134 valence electrons. The Hall–Kier alpha value is -0.660. The molecular weight excluding hydrogens is 316 g/mol. The maximum atomic E-state index is 12.5. The predicted octanol–water partition coefficient (Wildman–Crippen LogP) is 1.51. The van der Waals surface area contributed by atoms with Crippen molar-refractivity contribution >= 4 is 15.9 Å². The number of carbonyl (C=O) groups excluding carboxylic acids is 1. The molecule has 2 aliphatic rings. The zero-order valence-corrected chi connectivity index (χ0v) is 14.9. The van der Waals surface area contributed by atoms with Crippen LogP contribution in [0, 0.1) is 5.92 Å². The predicted molar refractivity (Wildman–Crippen MR) is 89.6 cm³/mol. The minimum absolute atomic E-state index is 0.0134. The maximum absolute atomic E-state index is 12.5. The Morgan fingerprint density at radius 1 is 1.13 bits per heavy atom. The lowest BCUT2D eigenvalue weighted by Crippen LogP contribution is -2.48. The summed E-state index contributed by atoms with van der Waals surface area (Å²) in [5.41, 5.74) is 0. The third kappa shape index (κ3) is 5.72. The number of carbonyl (C=O) groups is 1. The molecule has 0 bridgehead atoms. The van der Waals surface area contributed by atoms with E-state index >= 15 is 0 Å². The highest BCUT2D eigenvalue weighted by atomic mass is 32.2. The summed E-state index contributed by atoms with van der Waals surface area (Å²) in [6.07, 6.45) is 8.47. The van der Waals surface area contributed by atoms with Crippen LogP contribution in [0.5, 0.6) is 0 Å². The Morgan fingerprint density at radius 3 is 2.48 bits per heavy atom. The number of ether oxygens (including phenoxy) is 1. The molecule has 1 amide bonds. The van der Waals surface area contributed by atoms with Crippen molar-refractivity contribution in [2.75, 3.05) is 32.6 Å². The van der Waals surface area contributed by atoms with Crippen LogP contribution in [-0.4, -0.2) is 57.2 Å². The molecule has 1 unspecified atom stereocenters. The van der Waals surface area contributed by atoms with Crippen molar-refractivity contribution < 1.29 is 17.9 Å². The van der Waals surface area contributed by atoms with Crippen molar-refractivity contribution in [3.63, 3.8) is 0 Å². The first-order valence-corrected chi connectivity index (χ1v) is 10.4. The number of nitrogens with one attached hydrogen (secondary N) is 1. The van der Waals surface area contributed by atoms with Gasteiger partial charge in [-0.2, -0.15) is 0 Å². The van der Waals surface area contributed by atoms with Gasteiger partial charge in [0.1, 0.15) is 0 Å². The van der Waals surface area contributed by atoms with E-state index in [1.165, 1.54) is 37.1 Å². The van der Waals surface area contributed by atoms with Crippen LogP contribution in [-0.2, 0) is 19.6 Å². The summed E-state index contributed by atoms with van der Waals surface area (Å²) >= 11 is 0. The Morgan fingerprint density at radius 2 is 1.83 bits per heavy atom. The van der Waals surface area contributed by atoms with Crippen LogP contribution in [0.3, 0.4) is 0 Å². The molecule has 0 aromatic heterocycles. The molecular formula is C16H30N2O4S. The molecule has 2 fully saturated rings. The number of hydrogen-bond donors (Lipinski definition) is 1. The summed E-state index contributed by atoms with van der Waals surface area (Å²) in [4.78, 5) is 12.5. The summed E-state index contributed by atoms with van der Waals surface area (Å²) in [5, 5.41) is 3.16. The largest absolute Gasteiger partial charge is 0.384 e. The van der Waals surface area contributed by atoms with Gasteiger partial charge in [-0.15, -0.1) is 0 Å². The fourth-order valence-corrected chi connectivity index (χ4v) is 4.92. The molecule has 0 spiro atoms. The van der Waals surface area contributed by atoms with Crippen LogP contribution in [0.25, 0.3) is 0 Å². The Balaban J connectivity index is 1.88. The Labute approximate surface area is 140 Å². The van der Waals surface area contributed by atoms with Crippen molar-refractivity contribution in [1.82, 2.24) is 9.62 Å². The van der Waals surface area contributed by atoms with Gasteiger partial charge in [-0.25, -0.2) is 12.7 Å². The number of hydrogen-bond acceptors (Lipinski definition) is 4. The molecule has 1 N–H and O–H groups in total. The monoisotopic (exact) mass is 346 g/mol. The second-order valence-electron chi connectivity index (χ2n) is 6.70. The molecule has 1 saturated heterocycles. The Bertz CT molecular complexity index is 472. The lowest BCUT2D eigenvalue weighted by atomic mass is 9.97. The standard InChI is InChI=1S/C16H30N2O4S/c1-22-11-12-23(20,21)18-10-6-7-14(13-18)16(19)17-15-8-4-2-3-5-9-15/h14-15H,2-13H2,1H3,(H,17,19). The third-order valence-electron chi connectivity index (χ3n) is 4.90. The molecule has 0 aromatic rings. The molecule has 1 aliphatic heterocycles. The van der Waals surface area contributed by atoms with Gasteiger partial charge in [-0.3, -0.25) is 4.79 Å². The van der Waals surface area contributed by atoms with E-state index in [-0.39, 0.29) is 30.2 Å². The van der Waals surface area contributed by atoms with Crippen molar-refractivity contribution in [2.45, 2.75) is 57.4 Å². The van der Waals surface area contributed by atoms with Gasteiger partial charge in [-0.1, -0.05) is 25.7 Å². The summed E-state index contributed by atoms with van der Waals surface area (Å²) in [7, 11) is -1.83. The van der Waals surface area contributed by atoms with Crippen LogP contribution in [0.15, 0.2) is 0 Å². The van der Waals surface area contributed by atoms with Gasteiger partial charge in [0.15, 0.2) is 0 Å². The maximum Gasteiger partial charge on any atom is 0.224 e. The first-order valence-electron chi connectivity index (χ1n) is 8.80. The van der Waals surface area contributed by atoms with E-state index in [1.807, 2.05) is 0 Å². The van der Waals surface area contributed by atoms with E-state index in [1.54, 1.807) is 0 Å². The minimum Gasteiger partial charge on any atom is -0.384 e. The molecule has 0 aromatic carbocycles. The first-order chi connectivity index (χ1) is 11.0. The van der Waals surface area contributed by atoms with Crippen LogP contribution in [0.1, 0.15) is 51.4 Å². The zero-order chi connectivity index (χ0) is 16.7. The van der Waals surface area contributed by atoms with Gasteiger partial charge in [0, 0.05) is 26.2 Å². The summed E-state index contributed by atoms with van der Waals surface area (Å²) in [5.74, 6) is -0.201. The van der Waals surface area contributed by atoms with Crippen molar-refractivity contribution in [2.24, 2.45) is 5.92 Å². The van der Waals surface area contributed by atoms with Crippen LogP contribution in [0.2, 0.25) is 0 Å². The van der Waals surface area contributed by atoms with Crippen molar-refractivity contribution in [3.05, 3.63) is 0 Å². The second kappa shape index (κ2) is 8.99. The third-order valence-corrected chi connectivity index (χ3v) is 6.70. The number of nitrogens with zero attached hydrogens (tertiary/aromatic N) is 1. The van der Waals surface area contributed by atoms with Crippen LogP contribution in [0.4, 0.5) is 0 Å². The SMILES string of the molecule is COCCS(=O)(=O)N1CCCC(C(=O)NC2CCCCCC2)C1. The molecule has 1 saturated carbocycles. The fraction of sp³-hybridized carbons (Fsp3) is 0.938. The molecule has 7 heteroatoms. The summed E-state index contributed by atoms with van der Waals surface area (Å²) in [6.45, 7) is 1.02. The summed E-state index contributed by atoms with van der Waals surface area (Å²) < 4.78 is 30.9. The molecule has 1 aliphatic carbocycles. The second-order valence-corrected chi connectivity index (χ2v) is 8.79. The molecule has 0 radical (unpaired) electrons. The van der Waals surface area contributed by atoms with E-state index in [0.29, 0.717) is 13.1 Å². The van der Waals surface area contributed by atoms with Gasteiger partial charge in [0.05, 0.1) is 18.3 Å². The molecule has 1 atom stereocenters. The number of rotatable bonds is 6. The highest BCUT2D eigenvalue weighted by Crippen LogP contribution is 2.22. The van der Waals surface area contributed by atoms with Gasteiger partial charge in [0.2, 0.25) is 15.9 Å². The minimum atomic E-state index is -3.32. The number of amides is 1. The topological polar surface area (TPSA) is 75.7 Å². The molecule has 6 nitrogen and oxygen atoms in total. The quantitative estimate of drug-likeness (QED) is 0.740. The number of piperidine rings is 1. The molecule has 2 rings (SSSR count). The van der Waals surface area contributed by atoms with Crippen molar-refractivity contribution in [1.29, 1.82) is 0 Å². The lowest BCUT2D eigenvalue weighted by Gasteiger charge is -2.32. The van der Waals surface area contributed by atoms with E-state index < -0.39 is 10.0 Å². The van der Waals surface area contributed by atoms with E-state index in [4.69, 9.17) is 4.74 Å². The van der Waals surface area contributed by atoms with Crippen LogP contribution >= 0.6 is 0 Å². The van der Waals surface area contributed by atoms with E-state index in [0.717, 1.165) is 25.7 Å². The fourth-order valence-electron chi connectivity index (χ4n) is 3.47. The van der Waals surface area contributed by atoms with Gasteiger partial charge in [-0.05, 0) is 25.7 Å². The van der Waals surface area contributed by atoms with E-state index in [2.05, 4.69) is 5.32 Å². The van der Waals surface area contributed by atoms with Gasteiger partial charge >= 0.3 is 0 Å². The smallest absolute Gasteiger partial charge is 0.224 e. The average molecular weight is 346 g/mol. The summed E-state index contributed by atoms with van der Waals surface area (Å²) in [6, 6.07) is 0.269.